The predicted molar refractivity (Wildman–Crippen MR) is 119 cm³/mol. The highest BCUT2D eigenvalue weighted by molar-refractivity contribution is 6.03. The maximum Gasteiger partial charge on any atom is 0.208 e. The van der Waals surface area contributed by atoms with Crippen LogP contribution in [0.5, 0.6) is 5.75 Å². The highest BCUT2D eigenvalue weighted by Crippen LogP contribution is 2.39. The Morgan fingerprint density at radius 2 is 1.69 bits per heavy atom. The Balaban J connectivity index is 1.89. The molecular weight excluding hydrogens is 362 g/mol. The van der Waals surface area contributed by atoms with Gasteiger partial charge in [0.05, 0.1) is 12.8 Å². The van der Waals surface area contributed by atoms with E-state index in [0.717, 1.165) is 27.8 Å². The smallest absolute Gasteiger partial charge is 0.208 e. The summed E-state index contributed by atoms with van der Waals surface area (Å²) in [6, 6.07) is 24.2. The number of furan rings is 1. The first-order valence-corrected chi connectivity index (χ1v) is 9.37. The van der Waals surface area contributed by atoms with Crippen LogP contribution in [0.1, 0.15) is 5.56 Å². The number of aryl methyl sites for hydroxylation is 1. The fourth-order valence-electron chi connectivity index (χ4n) is 3.32. The number of hydrogen-bond donors (Lipinski definition) is 1. The zero-order chi connectivity index (χ0) is 20.4. The number of nitrogens with zero attached hydrogens (tertiary/aromatic N) is 2. The van der Waals surface area contributed by atoms with E-state index in [-0.39, 0.29) is 0 Å². The molecular formula is C24H23N3O2. The zero-order valence-electron chi connectivity index (χ0n) is 16.7. The van der Waals surface area contributed by atoms with Crippen molar-refractivity contribution in [3.05, 3.63) is 78.4 Å². The first-order chi connectivity index (χ1) is 14.1. The van der Waals surface area contributed by atoms with Crippen molar-refractivity contribution in [2.24, 2.45) is 10.7 Å². The molecule has 0 aliphatic carbocycles. The van der Waals surface area contributed by atoms with E-state index in [1.165, 1.54) is 5.56 Å². The molecule has 5 heteroatoms. The molecule has 0 bridgehead atoms. The average Bonchev–Trinajstić information content (AvgIpc) is 3.17. The first-order valence-electron chi connectivity index (χ1n) is 9.37. The SMILES string of the molecule is CN=C(N)N(c1cc2ccccc2o1)c1cc(-c2ccc(C)cc2)ccc1OC. The summed E-state index contributed by atoms with van der Waals surface area (Å²) < 4.78 is 11.7. The van der Waals surface area contributed by atoms with Crippen LogP contribution in [0, 0.1) is 6.92 Å². The summed E-state index contributed by atoms with van der Waals surface area (Å²) in [4.78, 5) is 5.98. The molecule has 0 aliphatic rings. The maximum atomic E-state index is 6.30. The summed E-state index contributed by atoms with van der Waals surface area (Å²) in [6.07, 6.45) is 0. The van der Waals surface area contributed by atoms with E-state index in [1.807, 2.05) is 48.5 Å². The summed E-state index contributed by atoms with van der Waals surface area (Å²) in [5, 5.41) is 0.991. The van der Waals surface area contributed by atoms with Crippen LogP contribution in [0.4, 0.5) is 11.6 Å². The standard InChI is InChI=1S/C24H23N3O2/c1-16-8-10-17(11-9-16)18-12-13-22(28-3)20(14-18)27(24(25)26-2)23-15-19-6-4-5-7-21(19)29-23/h4-15H,1-3H3,(H2,25,26). The van der Waals surface area contributed by atoms with Crippen LogP contribution in [-0.2, 0) is 0 Å². The Morgan fingerprint density at radius 1 is 0.966 bits per heavy atom. The predicted octanol–water partition coefficient (Wildman–Crippen LogP) is 5.50. The minimum Gasteiger partial charge on any atom is -0.495 e. The number of methoxy groups -OCH3 is 1. The number of fused-ring (bicyclic) bond motifs is 1. The van der Waals surface area contributed by atoms with Crippen molar-refractivity contribution in [1.29, 1.82) is 0 Å². The molecule has 0 amide bonds. The van der Waals surface area contributed by atoms with Crippen LogP contribution in [0.25, 0.3) is 22.1 Å². The van der Waals surface area contributed by atoms with Crippen LogP contribution >= 0.6 is 0 Å². The summed E-state index contributed by atoms with van der Waals surface area (Å²) in [5.74, 6) is 1.56. The summed E-state index contributed by atoms with van der Waals surface area (Å²) in [7, 11) is 3.29. The van der Waals surface area contributed by atoms with Gasteiger partial charge in [0.2, 0.25) is 11.8 Å². The molecule has 5 nitrogen and oxygen atoms in total. The van der Waals surface area contributed by atoms with Gasteiger partial charge in [0, 0.05) is 18.5 Å². The Bertz CT molecular complexity index is 1140. The van der Waals surface area contributed by atoms with Gasteiger partial charge in [-0.25, -0.2) is 4.90 Å². The summed E-state index contributed by atoms with van der Waals surface area (Å²) >= 11 is 0. The number of hydrogen-bond acceptors (Lipinski definition) is 3. The third-order valence-electron chi connectivity index (χ3n) is 4.90. The second-order valence-corrected chi connectivity index (χ2v) is 6.79. The number of rotatable bonds is 4. The monoisotopic (exact) mass is 385 g/mol. The molecule has 0 radical (unpaired) electrons. The molecule has 1 aromatic heterocycles. The number of benzene rings is 3. The van der Waals surface area contributed by atoms with Gasteiger partial charge in [-0.15, -0.1) is 0 Å². The van der Waals surface area contributed by atoms with E-state index < -0.39 is 0 Å². The molecule has 3 aromatic carbocycles. The minimum atomic E-state index is 0.309. The molecule has 0 unspecified atom stereocenters. The largest absolute Gasteiger partial charge is 0.495 e. The molecule has 4 aromatic rings. The van der Waals surface area contributed by atoms with Crippen molar-refractivity contribution >= 4 is 28.5 Å². The molecule has 29 heavy (non-hydrogen) atoms. The summed E-state index contributed by atoms with van der Waals surface area (Å²) in [6.45, 7) is 2.07. The van der Waals surface area contributed by atoms with Crippen LogP contribution < -0.4 is 15.4 Å². The van der Waals surface area contributed by atoms with Gasteiger partial charge >= 0.3 is 0 Å². The molecule has 0 atom stereocenters. The topological polar surface area (TPSA) is 64.0 Å². The molecule has 0 fully saturated rings. The molecule has 0 saturated carbocycles. The van der Waals surface area contributed by atoms with Gasteiger partial charge < -0.3 is 14.9 Å². The van der Waals surface area contributed by atoms with Gasteiger partial charge in [0.15, 0.2) is 0 Å². The Hall–Kier alpha value is -3.73. The lowest BCUT2D eigenvalue weighted by atomic mass is 10.0. The van der Waals surface area contributed by atoms with Gasteiger partial charge in [-0.3, -0.25) is 4.99 Å². The number of aliphatic imine (C=N–C) groups is 1. The number of para-hydroxylation sites is 1. The molecule has 0 saturated heterocycles. The number of anilines is 2. The highest BCUT2D eigenvalue weighted by Gasteiger charge is 2.22. The van der Waals surface area contributed by atoms with E-state index in [9.17, 15) is 0 Å². The van der Waals surface area contributed by atoms with Crippen LogP contribution in [0.2, 0.25) is 0 Å². The van der Waals surface area contributed by atoms with Crippen molar-refractivity contribution in [2.45, 2.75) is 6.92 Å². The Labute approximate surface area is 170 Å². The van der Waals surface area contributed by atoms with Gasteiger partial charge in [0.25, 0.3) is 0 Å². The second kappa shape index (κ2) is 7.72. The van der Waals surface area contributed by atoms with Gasteiger partial charge in [-0.2, -0.15) is 0 Å². The van der Waals surface area contributed by atoms with Crippen molar-refractivity contribution in [3.8, 4) is 16.9 Å². The lowest BCUT2D eigenvalue weighted by Crippen LogP contribution is -2.33. The van der Waals surface area contributed by atoms with Crippen molar-refractivity contribution in [1.82, 2.24) is 0 Å². The lowest BCUT2D eigenvalue weighted by Gasteiger charge is -2.23. The maximum absolute atomic E-state index is 6.30. The summed E-state index contributed by atoms with van der Waals surface area (Å²) in [5.41, 5.74) is 11.2. The molecule has 0 spiro atoms. The number of ether oxygens (including phenoxy) is 1. The van der Waals surface area contributed by atoms with E-state index in [1.54, 1.807) is 19.1 Å². The first kappa shape index (κ1) is 18.6. The van der Waals surface area contributed by atoms with E-state index in [2.05, 4.69) is 36.2 Å². The van der Waals surface area contributed by atoms with Gasteiger partial charge in [-0.1, -0.05) is 54.1 Å². The Morgan fingerprint density at radius 3 is 2.38 bits per heavy atom. The van der Waals surface area contributed by atoms with Crippen LogP contribution in [0.3, 0.4) is 0 Å². The fraction of sp³-hybridized carbons (Fsp3) is 0.125. The average molecular weight is 385 g/mol. The number of guanidine groups is 1. The quantitative estimate of drug-likeness (QED) is 0.372. The van der Waals surface area contributed by atoms with Gasteiger partial charge in [-0.05, 0) is 36.2 Å². The molecule has 146 valence electrons. The third-order valence-corrected chi connectivity index (χ3v) is 4.90. The Kier molecular flexibility index (Phi) is 4.96. The molecule has 2 N–H and O–H groups in total. The molecule has 4 rings (SSSR count). The third kappa shape index (κ3) is 3.55. The van der Waals surface area contributed by atoms with E-state index in [0.29, 0.717) is 17.6 Å². The highest BCUT2D eigenvalue weighted by atomic mass is 16.5. The lowest BCUT2D eigenvalue weighted by molar-refractivity contribution is 0.415. The van der Waals surface area contributed by atoms with E-state index in [4.69, 9.17) is 14.9 Å². The normalized spacial score (nSPS) is 11.6. The fourth-order valence-corrected chi connectivity index (χ4v) is 3.32. The second-order valence-electron chi connectivity index (χ2n) is 6.79. The van der Waals surface area contributed by atoms with E-state index >= 15 is 0 Å². The minimum absolute atomic E-state index is 0.309. The number of nitrogens with two attached hydrogens (primary N) is 1. The van der Waals surface area contributed by atoms with Crippen LogP contribution in [-0.4, -0.2) is 20.1 Å². The zero-order valence-corrected chi connectivity index (χ0v) is 16.7. The van der Waals surface area contributed by atoms with Crippen LogP contribution in [0.15, 0.2) is 82.2 Å². The van der Waals surface area contributed by atoms with Crippen molar-refractivity contribution in [3.63, 3.8) is 0 Å². The van der Waals surface area contributed by atoms with Crippen molar-refractivity contribution in [2.75, 3.05) is 19.1 Å². The molecule has 0 aliphatic heterocycles. The van der Waals surface area contributed by atoms with Crippen molar-refractivity contribution < 1.29 is 9.15 Å². The van der Waals surface area contributed by atoms with Gasteiger partial charge in [0.1, 0.15) is 11.3 Å². The molecule has 1 heterocycles.